The molecule has 1 aromatic heterocycles. The van der Waals surface area contributed by atoms with Crippen molar-refractivity contribution in [2.75, 3.05) is 0 Å². The van der Waals surface area contributed by atoms with Gasteiger partial charge in [0.25, 0.3) is 5.88 Å². The minimum atomic E-state index is 0.379. The van der Waals surface area contributed by atoms with E-state index in [0.29, 0.717) is 30.5 Å². The zero-order chi connectivity index (χ0) is 17.5. The van der Waals surface area contributed by atoms with Gasteiger partial charge in [-0.25, -0.2) is 0 Å². The molecule has 1 heterocycles. The minimum Gasteiger partial charge on any atom is -0.483 e. The Morgan fingerprint density at radius 1 is 0.840 bits per heavy atom. The molecule has 2 aromatic carbocycles. The molecular formula is C21H20N2O2. The summed E-state index contributed by atoms with van der Waals surface area (Å²) in [7, 11) is 0. The Kier molecular flexibility index (Phi) is 5.42. The first kappa shape index (κ1) is 16.7. The molecule has 0 saturated heterocycles. The molecule has 4 nitrogen and oxygen atoms in total. The van der Waals surface area contributed by atoms with Crippen molar-refractivity contribution in [1.82, 2.24) is 10.2 Å². The van der Waals surface area contributed by atoms with Crippen LogP contribution in [0, 0.1) is 0 Å². The van der Waals surface area contributed by atoms with E-state index in [1.54, 1.807) is 0 Å². The Bertz CT molecular complexity index is 833. The first-order valence-electron chi connectivity index (χ1n) is 8.09. The largest absolute Gasteiger partial charge is 0.483 e. The molecular weight excluding hydrogens is 312 g/mol. The normalized spacial score (nSPS) is 10.3. The number of ether oxygens (including phenoxy) is 2. The molecule has 0 saturated carbocycles. The first-order chi connectivity index (χ1) is 12.2. The third-order valence-corrected chi connectivity index (χ3v) is 3.62. The van der Waals surface area contributed by atoms with E-state index in [1.807, 2.05) is 73.7 Å². The van der Waals surface area contributed by atoms with Gasteiger partial charge >= 0.3 is 0 Å². The van der Waals surface area contributed by atoms with E-state index < -0.39 is 0 Å². The second kappa shape index (κ2) is 8.11. The van der Waals surface area contributed by atoms with Crippen LogP contribution in [0.5, 0.6) is 11.6 Å². The predicted molar refractivity (Wildman–Crippen MR) is 98.3 cm³/mol. The van der Waals surface area contributed by atoms with Crippen LogP contribution in [0.2, 0.25) is 0 Å². The van der Waals surface area contributed by atoms with Crippen molar-refractivity contribution < 1.29 is 9.47 Å². The molecule has 0 amide bonds. The van der Waals surface area contributed by atoms with E-state index in [1.165, 1.54) is 0 Å². The standard InChI is InChI=1S/C21H20N2O2/c1-16(2)19-13-20(24-14-17-9-5-3-6-10-17)21(23-22-19)25-15-18-11-7-4-8-12-18/h3-13H,1,14-15H2,2H3. The minimum absolute atomic E-state index is 0.379. The van der Waals surface area contributed by atoms with Crippen molar-refractivity contribution >= 4 is 5.57 Å². The molecule has 0 N–H and O–H groups in total. The van der Waals surface area contributed by atoms with E-state index in [0.717, 1.165) is 16.7 Å². The summed E-state index contributed by atoms with van der Waals surface area (Å²) in [6, 6.07) is 21.7. The van der Waals surface area contributed by atoms with Crippen molar-refractivity contribution in [2.45, 2.75) is 20.1 Å². The number of benzene rings is 2. The highest BCUT2D eigenvalue weighted by atomic mass is 16.5. The van der Waals surface area contributed by atoms with Gasteiger partial charge in [-0.1, -0.05) is 67.2 Å². The molecule has 0 aliphatic heterocycles. The number of aromatic nitrogens is 2. The maximum Gasteiger partial charge on any atom is 0.276 e. The number of hydrogen-bond donors (Lipinski definition) is 0. The van der Waals surface area contributed by atoms with Crippen LogP contribution in [0.1, 0.15) is 23.7 Å². The third kappa shape index (κ3) is 4.67. The third-order valence-electron chi connectivity index (χ3n) is 3.62. The van der Waals surface area contributed by atoms with Crippen molar-refractivity contribution in [2.24, 2.45) is 0 Å². The molecule has 4 heteroatoms. The number of rotatable bonds is 7. The van der Waals surface area contributed by atoms with Gasteiger partial charge < -0.3 is 9.47 Å². The molecule has 0 atom stereocenters. The smallest absolute Gasteiger partial charge is 0.276 e. The molecule has 0 fully saturated rings. The molecule has 0 radical (unpaired) electrons. The Morgan fingerprint density at radius 3 is 1.96 bits per heavy atom. The highest BCUT2D eigenvalue weighted by Gasteiger charge is 2.11. The molecule has 0 unspecified atom stereocenters. The lowest BCUT2D eigenvalue weighted by atomic mass is 10.2. The maximum atomic E-state index is 5.93. The first-order valence-corrected chi connectivity index (χ1v) is 8.09. The molecule has 0 spiro atoms. The van der Waals surface area contributed by atoms with Crippen LogP contribution in [0.4, 0.5) is 0 Å². The Labute approximate surface area is 147 Å². The van der Waals surface area contributed by atoms with Crippen molar-refractivity contribution in [3.8, 4) is 11.6 Å². The fourth-order valence-corrected chi connectivity index (χ4v) is 2.24. The van der Waals surface area contributed by atoms with Crippen LogP contribution in [0.3, 0.4) is 0 Å². The summed E-state index contributed by atoms with van der Waals surface area (Å²) < 4.78 is 11.8. The van der Waals surface area contributed by atoms with E-state index in [4.69, 9.17) is 9.47 Å². The van der Waals surface area contributed by atoms with Gasteiger partial charge in [-0.15, -0.1) is 10.2 Å². The highest BCUT2D eigenvalue weighted by molar-refractivity contribution is 5.59. The molecule has 3 rings (SSSR count). The Balaban J connectivity index is 1.77. The number of hydrogen-bond acceptors (Lipinski definition) is 4. The fraction of sp³-hybridized carbons (Fsp3) is 0.143. The lowest BCUT2D eigenvalue weighted by Crippen LogP contribution is -2.04. The van der Waals surface area contributed by atoms with Crippen LogP contribution < -0.4 is 9.47 Å². The summed E-state index contributed by atoms with van der Waals surface area (Å²) in [6.45, 7) is 6.63. The van der Waals surface area contributed by atoms with Gasteiger partial charge in [0.15, 0.2) is 5.75 Å². The molecule has 0 aliphatic rings. The quantitative estimate of drug-likeness (QED) is 0.631. The van der Waals surface area contributed by atoms with Gasteiger partial charge in [0.05, 0.1) is 5.69 Å². The summed E-state index contributed by atoms with van der Waals surface area (Å²) in [4.78, 5) is 0. The van der Waals surface area contributed by atoms with Gasteiger partial charge in [-0.2, -0.15) is 0 Å². The summed E-state index contributed by atoms with van der Waals surface area (Å²) >= 11 is 0. The SMILES string of the molecule is C=C(C)c1cc(OCc2ccccc2)c(OCc2ccccc2)nn1. The van der Waals surface area contributed by atoms with E-state index >= 15 is 0 Å². The molecule has 0 aliphatic carbocycles. The van der Waals surface area contributed by atoms with E-state index in [9.17, 15) is 0 Å². The Hall–Kier alpha value is -3.14. The summed E-state index contributed by atoms with van der Waals surface area (Å²) in [5.74, 6) is 0.942. The molecule has 25 heavy (non-hydrogen) atoms. The van der Waals surface area contributed by atoms with Gasteiger partial charge in [-0.05, 0) is 23.6 Å². The lowest BCUT2D eigenvalue weighted by Gasteiger charge is -2.12. The van der Waals surface area contributed by atoms with Crippen molar-refractivity contribution in [3.63, 3.8) is 0 Å². The second-order valence-electron chi connectivity index (χ2n) is 5.73. The van der Waals surface area contributed by atoms with Crippen molar-refractivity contribution in [3.05, 3.63) is 90.1 Å². The maximum absolute atomic E-state index is 5.93. The average Bonchev–Trinajstić information content (AvgIpc) is 2.66. The van der Waals surface area contributed by atoms with Crippen LogP contribution in [-0.4, -0.2) is 10.2 Å². The van der Waals surface area contributed by atoms with Gasteiger partial charge in [0.1, 0.15) is 13.2 Å². The van der Waals surface area contributed by atoms with E-state index in [2.05, 4.69) is 16.8 Å². The van der Waals surface area contributed by atoms with E-state index in [-0.39, 0.29) is 0 Å². The number of nitrogens with zero attached hydrogens (tertiary/aromatic N) is 2. The molecule has 126 valence electrons. The van der Waals surface area contributed by atoms with Crippen LogP contribution in [-0.2, 0) is 13.2 Å². The molecule has 3 aromatic rings. The monoisotopic (exact) mass is 332 g/mol. The predicted octanol–water partition coefficient (Wildman–Crippen LogP) is 4.67. The second-order valence-corrected chi connectivity index (χ2v) is 5.73. The summed E-state index contributed by atoms with van der Waals surface area (Å²) in [5.41, 5.74) is 3.65. The van der Waals surface area contributed by atoms with Crippen molar-refractivity contribution in [1.29, 1.82) is 0 Å². The average molecular weight is 332 g/mol. The van der Waals surface area contributed by atoms with Gasteiger partial charge in [0.2, 0.25) is 0 Å². The van der Waals surface area contributed by atoms with Gasteiger partial charge in [-0.3, -0.25) is 0 Å². The van der Waals surface area contributed by atoms with Crippen LogP contribution in [0.25, 0.3) is 5.57 Å². The topological polar surface area (TPSA) is 44.2 Å². The number of allylic oxidation sites excluding steroid dienone is 1. The van der Waals surface area contributed by atoms with Gasteiger partial charge in [0, 0.05) is 6.07 Å². The van der Waals surface area contributed by atoms with Crippen LogP contribution in [0.15, 0.2) is 73.3 Å². The fourth-order valence-electron chi connectivity index (χ4n) is 2.24. The lowest BCUT2D eigenvalue weighted by molar-refractivity contribution is 0.244. The Morgan fingerprint density at radius 2 is 1.40 bits per heavy atom. The summed E-state index contributed by atoms with van der Waals surface area (Å²) in [6.07, 6.45) is 0. The highest BCUT2D eigenvalue weighted by Crippen LogP contribution is 2.28. The summed E-state index contributed by atoms with van der Waals surface area (Å²) in [5, 5.41) is 8.32. The zero-order valence-corrected chi connectivity index (χ0v) is 14.2. The zero-order valence-electron chi connectivity index (χ0n) is 14.2. The molecule has 0 bridgehead atoms. The van der Waals surface area contributed by atoms with Crippen LogP contribution >= 0.6 is 0 Å².